The number of aromatic hydroxyl groups is 2. The highest BCUT2D eigenvalue weighted by Gasteiger charge is 2.50. The second kappa shape index (κ2) is 11.6. The lowest BCUT2D eigenvalue weighted by Crippen LogP contribution is -2.60. The number of ether oxygens (including phenoxy) is 5. The highest BCUT2D eigenvalue weighted by atomic mass is 16.7. The van der Waals surface area contributed by atoms with Crippen molar-refractivity contribution in [2.45, 2.75) is 48.7 Å². The summed E-state index contributed by atoms with van der Waals surface area (Å²) in [5.41, 5.74) is -2.26. The van der Waals surface area contributed by atoms with Gasteiger partial charge >= 0.3 is 0 Å². The van der Waals surface area contributed by atoms with Gasteiger partial charge in [0.05, 0.1) is 32.5 Å². The molecule has 8 atom stereocenters. The Hall–Kier alpha value is -3.51. The molecule has 3 aromatic rings. The normalized spacial score (nSPS) is 31.4. The lowest BCUT2D eigenvalue weighted by atomic mass is 9.99. The first-order valence-corrected chi connectivity index (χ1v) is 12.7. The predicted molar refractivity (Wildman–Crippen MR) is 139 cm³/mol. The number of phenolic OH excluding ortho intramolecular Hbond substituents is 2. The van der Waals surface area contributed by atoms with E-state index >= 15 is 0 Å². The van der Waals surface area contributed by atoms with Crippen molar-refractivity contribution in [1.29, 1.82) is 0 Å². The third kappa shape index (κ3) is 5.26. The molecule has 0 spiro atoms. The van der Waals surface area contributed by atoms with Gasteiger partial charge in [0.1, 0.15) is 59.3 Å². The highest BCUT2D eigenvalue weighted by molar-refractivity contribution is 5.93. The molecule has 0 unspecified atom stereocenters. The maximum Gasteiger partial charge on any atom is 0.229 e. The molecular formula is C27H30O15. The van der Waals surface area contributed by atoms with Gasteiger partial charge in [-0.25, -0.2) is 0 Å². The van der Waals surface area contributed by atoms with Crippen molar-refractivity contribution in [1.82, 2.24) is 0 Å². The van der Waals surface area contributed by atoms with E-state index in [2.05, 4.69) is 0 Å². The molecule has 0 bridgehead atoms. The molecule has 0 amide bonds. The van der Waals surface area contributed by atoms with Gasteiger partial charge in [-0.15, -0.1) is 0 Å². The Labute approximate surface area is 236 Å². The average molecular weight is 595 g/mol. The maximum absolute atomic E-state index is 13.3. The largest absolute Gasteiger partial charge is 0.508 e. The molecule has 0 saturated carbocycles. The summed E-state index contributed by atoms with van der Waals surface area (Å²) in [6.07, 6.45) is -10.2. The quantitative estimate of drug-likeness (QED) is 0.148. The number of rotatable bonds is 8. The minimum atomic E-state index is -1.95. The number of benzene rings is 2. The van der Waals surface area contributed by atoms with E-state index in [-0.39, 0.29) is 33.8 Å². The number of phenols is 2. The molecule has 15 heteroatoms. The predicted octanol–water partition coefficient (Wildman–Crippen LogP) is -1.48. The van der Waals surface area contributed by atoms with Crippen LogP contribution in [0.2, 0.25) is 0 Å². The average Bonchev–Trinajstić information content (AvgIpc) is 3.26. The van der Waals surface area contributed by atoms with Gasteiger partial charge < -0.3 is 69.0 Å². The van der Waals surface area contributed by atoms with Crippen LogP contribution in [0.25, 0.3) is 22.1 Å². The van der Waals surface area contributed by atoms with Crippen molar-refractivity contribution in [3.05, 3.63) is 46.8 Å². The Morgan fingerprint density at radius 3 is 2.38 bits per heavy atom. The summed E-state index contributed by atoms with van der Waals surface area (Å²) in [5, 5.41) is 81.1. The molecular weight excluding hydrogens is 564 g/mol. The molecule has 1 aromatic heterocycles. The van der Waals surface area contributed by atoms with E-state index < -0.39 is 79.7 Å². The Morgan fingerprint density at radius 1 is 1.02 bits per heavy atom. The van der Waals surface area contributed by atoms with Crippen LogP contribution in [0.5, 0.6) is 23.0 Å². The minimum Gasteiger partial charge on any atom is -0.508 e. The van der Waals surface area contributed by atoms with Crippen molar-refractivity contribution in [2.24, 2.45) is 0 Å². The molecule has 8 N–H and O–H groups in total. The second-order valence-corrected chi connectivity index (χ2v) is 10.0. The van der Waals surface area contributed by atoms with Gasteiger partial charge in [0.15, 0.2) is 17.6 Å². The van der Waals surface area contributed by atoms with Gasteiger partial charge in [0.25, 0.3) is 0 Å². The van der Waals surface area contributed by atoms with Crippen molar-refractivity contribution in [3.8, 4) is 34.1 Å². The number of hydrogen-bond acceptors (Lipinski definition) is 15. The summed E-state index contributed by atoms with van der Waals surface area (Å²) in [5.74, 6) is -0.984. The molecule has 2 saturated heterocycles. The van der Waals surface area contributed by atoms with E-state index in [1.807, 2.05) is 0 Å². The minimum absolute atomic E-state index is 0.00728. The van der Waals surface area contributed by atoms with Crippen LogP contribution in [0.15, 0.2) is 45.8 Å². The van der Waals surface area contributed by atoms with E-state index in [1.54, 1.807) is 0 Å². The van der Waals surface area contributed by atoms with Gasteiger partial charge in [0.2, 0.25) is 17.5 Å². The van der Waals surface area contributed by atoms with E-state index in [0.29, 0.717) is 5.56 Å². The van der Waals surface area contributed by atoms with E-state index in [4.69, 9.17) is 28.1 Å². The molecule has 42 heavy (non-hydrogen) atoms. The molecule has 0 radical (unpaired) electrons. The number of methoxy groups -OCH3 is 1. The van der Waals surface area contributed by atoms with Gasteiger partial charge in [0, 0.05) is 6.07 Å². The first-order chi connectivity index (χ1) is 20.0. The third-order valence-corrected chi connectivity index (χ3v) is 7.25. The lowest BCUT2D eigenvalue weighted by molar-refractivity contribution is -0.289. The van der Waals surface area contributed by atoms with E-state index in [9.17, 15) is 45.6 Å². The van der Waals surface area contributed by atoms with E-state index in [0.717, 1.165) is 12.3 Å². The monoisotopic (exact) mass is 594 g/mol. The molecule has 5 rings (SSSR count). The van der Waals surface area contributed by atoms with Crippen LogP contribution in [-0.2, 0) is 14.2 Å². The first kappa shape index (κ1) is 30.0. The zero-order chi connectivity index (χ0) is 30.3. The van der Waals surface area contributed by atoms with Crippen molar-refractivity contribution < 1.29 is 69.0 Å². The molecule has 228 valence electrons. The summed E-state index contributed by atoms with van der Waals surface area (Å²) >= 11 is 0. The van der Waals surface area contributed by atoms with Crippen LogP contribution in [0.1, 0.15) is 0 Å². The second-order valence-electron chi connectivity index (χ2n) is 10.0. The standard InChI is InChI=1S/C27H30O15/c1-37-22-15(6-14(30)17-18(31)13(7-38-23(17)22)11-2-4-12(29)5-3-11)41-25-21(34)20(33)19(32)16(42-25)8-39-26-24(35)27(36,9-28)10-40-26/h2-7,16,19-21,24-26,28-30,32-36H,8-10H2,1H3/t16-,19-,20+,21-,24+,25-,26-,27-/m1/s1. The number of fused-ring (bicyclic) bond motifs is 1. The molecule has 2 aromatic carbocycles. The summed E-state index contributed by atoms with van der Waals surface area (Å²) in [4.78, 5) is 13.3. The topological polar surface area (TPSA) is 238 Å². The van der Waals surface area contributed by atoms with Gasteiger partial charge in [-0.2, -0.15) is 0 Å². The van der Waals surface area contributed by atoms with Crippen LogP contribution in [0.4, 0.5) is 0 Å². The zero-order valence-corrected chi connectivity index (χ0v) is 22.1. The summed E-state index contributed by atoms with van der Waals surface area (Å²) in [6.45, 7) is -1.73. The van der Waals surface area contributed by atoms with Crippen molar-refractivity contribution in [2.75, 3.05) is 26.9 Å². The van der Waals surface area contributed by atoms with Crippen LogP contribution in [-0.4, -0.2) is 116 Å². The fourth-order valence-electron chi connectivity index (χ4n) is 4.76. The maximum atomic E-state index is 13.3. The Balaban J connectivity index is 1.40. The van der Waals surface area contributed by atoms with Crippen LogP contribution in [0, 0.1) is 0 Å². The first-order valence-electron chi connectivity index (χ1n) is 12.7. The number of hydrogen-bond donors (Lipinski definition) is 8. The summed E-state index contributed by atoms with van der Waals surface area (Å²) in [7, 11) is 1.24. The third-order valence-electron chi connectivity index (χ3n) is 7.25. The van der Waals surface area contributed by atoms with Crippen LogP contribution < -0.4 is 14.9 Å². The van der Waals surface area contributed by atoms with Gasteiger partial charge in [-0.1, -0.05) is 12.1 Å². The fraction of sp³-hybridized carbons (Fsp3) is 0.444. The Kier molecular flexibility index (Phi) is 8.30. The SMILES string of the molecule is COc1c(O[C@@H]2O[C@H](CO[C@@H]3OC[C@](O)(CO)[C@H]3O)[C@@H](O)[C@H](O)[C@H]2O)cc(O)c2c(=O)c(-c3ccc(O)cc3)coc12. The van der Waals surface area contributed by atoms with Crippen molar-refractivity contribution in [3.63, 3.8) is 0 Å². The molecule has 2 aliphatic rings. The molecule has 15 nitrogen and oxygen atoms in total. The molecule has 2 fully saturated rings. The Bertz CT molecular complexity index is 1470. The zero-order valence-electron chi connectivity index (χ0n) is 22.1. The summed E-state index contributed by atoms with van der Waals surface area (Å²) in [6, 6.07) is 6.78. The molecule has 2 aliphatic heterocycles. The smallest absolute Gasteiger partial charge is 0.229 e. The van der Waals surface area contributed by atoms with E-state index in [1.165, 1.54) is 31.4 Å². The van der Waals surface area contributed by atoms with Crippen molar-refractivity contribution >= 4 is 11.0 Å². The Morgan fingerprint density at radius 2 is 1.74 bits per heavy atom. The summed E-state index contributed by atoms with van der Waals surface area (Å²) < 4.78 is 32.9. The number of aliphatic hydroxyl groups is 6. The van der Waals surface area contributed by atoms with Gasteiger partial charge in [-0.3, -0.25) is 4.79 Å². The van der Waals surface area contributed by atoms with Gasteiger partial charge in [-0.05, 0) is 17.7 Å². The fourth-order valence-corrected chi connectivity index (χ4v) is 4.76. The highest BCUT2D eigenvalue weighted by Crippen LogP contribution is 2.42. The number of aliphatic hydroxyl groups excluding tert-OH is 5. The molecule has 0 aliphatic carbocycles. The van der Waals surface area contributed by atoms with Crippen LogP contribution >= 0.6 is 0 Å². The van der Waals surface area contributed by atoms with Crippen LogP contribution in [0.3, 0.4) is 0 Å². The lowest BCUT2D eigenvalue weighted by Gasteiger charge is -2.40. The molecule has 3 heterocycles.